The lowest BCUT2D eigenvalue weighted by atomic mass is 10.2. The third-order valence-corrected chi connectivity index (χ3v) is 2.15. The van der Waals surface area contributed by atoms with Gasteiger partial charge in [-0.3, -0.25) is 4.79 Å². The molecule has 0 saturated heterocycles. The maximum absolute atomic E-state index is 12.7. The van der Waals surface area contributed by atoms with Crippen LogP contribution in [0.25, 0.3) is 0 Å². The van der Waals surface area contributed by atoms with E-state index in [1.807, 2.05) is 0 Å². The van der Waals surface area contributed by atoms with Crippen molar-refractivity contribution in [3.8, 4) is 11.8 Å². The van der Waals surface area contributed by atoms with Gasteiger partial charge in [0.2, 0.25) is 0 Å². The van der Waals surface area contributed by atoms with Crippen LogP contribution in [0.4, 0.5) is 10.2 Å². The Morgan fingerprint density at radius 2 is 2.47 bits per heavy atom. The number of thioether (sulfide) groups is 1. The number of rotatable bonds is 1. The number of anilines is 1. The molecule has 0 aromatic carbocycles. The third-order valence-electron chi connectivity index (χ3n) is 1.46. The molecule has 0 saturated carbocycles. The minimum atomic E-state index is -0.479. The van der Waals surface area contributed by atoms with Crippen LogP contribution in [-0.2, 0) is 4.79 Å². The number of halogens is 1. The zero-order chi connectivity index (χ0) is 11.3. The lowest BCUT2D eigenvalue weighted by molar-refractivity contribution is -0.109. The monoisotopic (exact) mass is 224 g/mol. The van der Waals surface area contributed by atoms with Crippen LogP contribution in [0, 0.1) is 17.7 Å². The number of pyridine rings is 1. The molecule has 1 heterocycles. The van der Waals surface area contributed by atoms with Crippen molar-refractivity contribution >= 4 is 22.7 Å². The molecule has 0 unspecified atom stereocenters. The number of nitrogens with zero attached hydrogens (tertiary/aromatic N) is 1. The second-order valence-electron chi connectivity index (χ2n) is 2.67. The van der Waals surface area contributed by atoms with Crippen molar-refractivity contribution in [2.75, 3.05) is 11.5 Å². The van der Waals surface area contributed by atoms with Crippen LogP contribution in [0.15, 0.2) is 12.3 Å². The van der Waals surface area contributed by atoms with Gasteiger partial charge in [0.05, 0.1) is 17.5 Å². The fourth-order valence-corrected chi connectivity index (χ4v) is 1.17. The fourth-order valence-electron chi connectivity index (χ4n) is 0.819. The van der Waals surface area contributed by atoms with Crippen LogP contribution in [0.1, 0.15) is 12.5 Å². The van der Waals surface area contributed by atoms with E-state index in [0.717, 1.165) is 18.0 Å². The van der Waals surface area contributed by atoms with E-state index in [1.165, 1.54) is 13.0 Å². The molecule has 0 atom stereocenters. The average molecular weight is 224 g/mol. The smallest absolute Gasteiger partial charge is 0.186 e. The number of nitrogens with two attached hydrogens (primary N) is 1. The fraction of sp³-hybridized carbons (Fsp3) is 0.200. The number of hydrogen-bond acceptors (Lipinski definition) is 4. The molecule has 0 spiro atoms. The molecule has 5 heteroatoms. The maximum Gasteiger partial charge on any atom is 0.186 e. The first-order chi connectivity index (χ1) is 7.09. The Kier molecular flexibility index (Phi) is 4.13. The lowest BCUT2D eigenvalue weighted by Crippen LogP contribution is -1.95. The summed E-state index contributed by atoms with van der Waals surface area (Å²) in [5.74, 6) is 5.44. The van der Waals surface area contributed by atoms with E-state index < -0.39 is 5.82 Å². The van der Waals surface area contributed by atoms with Crippen molar-refractivity contribution in [2.24, 2.45) is 0 Å². The zero-order valence-electron chi connectivity index (χ0n) is 8.08. The van der Waals surface area contributed by atoms with Crippen molar-refractivity contribution in [2.45, 2.75) is 6.92 Å². The van der Waals surface area contributed by atoms with E-state index in [2.05, 4.69) is 16.8 Å². The van der Waals surface area contributed by atoms with Gasteiger partial charge in [0, 0.05) is 6.92 Å². The second-order valence-corrected chi connectivity index (χ2v) is 3.82. The Labute approximate surface area is 91.3 Å². The number of carbonyl (C=O) groups is 1. The molecule has 0 aliphatic rings. The highest BCUT2D eigenvalue weighted by Crippen LogP contribution is 2.08. The minimum absolute atomic E-state index is 0.00496. The van der Waals surface area contributed by atoms with E-state index in [-0.39, 0.29) is 10.9 Å². The first kappa shape index (κ1) is 11.5. The summed E-state index contributed by atoms with van der Waals surface area (Å²) >= 11 is 1.09. The largest absolute Gasteiger partial charge is 0.383 e. The zero-order valence-corrected chi connectivity index (χ0v) is 8.90. The van der Waals surface area contributed by atoms with E-state index in [1.54, 1.807) is 0 Å². The van der Waals surface area contributed by atoms with Crippen LogP contribution in [0.2, 0.25) is 0 Å². The van der Waals surface area contributed by atoms with Gasteiger partial charge in [-0.2, -0.15) is 0 Å². The molecule has 0 amide bonds. The van der Waals surface area contributed by atoms with Crippen LogP contribution in [-0.4, -0.2) is 15.9 Å². The Hall–Kier alpha value is -1.54. The summed E-state index contributed by atoms with van der Waals surface area (Å²) in [4.78, 5) is 14.2. The summed E-state index contributed by atoms with van der Waals surface area (Å²) in [5.41, 5.74) is 5.82. The molecule has 3 nitrogen and oxygen atoms in total. The topological polar surface area (TPSA) is 56.0 Å². The summed E-state index contributed by atoms with van der Waals surface area (Å²) in [6.07, 6.45) is 1.03. The van der Waals surface area contributed by atoms with Crippen molar-refractivity contribution in [1.82, 2.24) is 4.98 Å². The Balaban J connectivity index is 2.71. The molecule has 15 heavy (non-hydrogen) atoms. The highest BCUT2D eigenvalue weighted by Gasteiger charge is 1.98. The number of carbonyl (C=O) groups excluding carboxylic acids is 1. The molecule has 0 radical (unpaired) electrons. The van der Waals surface area contributed by atoms with Gasteiger partial charge in [-0.1, -0.05) is 23.6 Å². The Morgan fingerprint density at radius 3 is 3.13 bits per heavy atom. The van der Waals surface area contributed by atoms with Gasteiger partial charge in [-0.15, -0.1) is 0 Å². The van der Waals surface area contributed by atoms with Gasteiger partial charge in [0.1, 0.15) is 11.6 Å². The summed E-state index contributed by atoms with van der Waals surface area (Å²) in [6, 6.07) is 1.22. The predicted octanol–water partition coefficient (Wildman–Crippen LogP) is 1.43. The van der Waals surface area contributed by atoms with Gasteiger partial charge < -0.3 is 5.73 Å². The van der Waals surface area contributed by atoms with Gasteiger partial charge in [-0.05, 0) is 6.07 Å². The Morgan fingerprint density at radius 1 is 1.73 bits per heavy atom. The molecule has 0 bridgehead atoms. The molecular weight excluding hydrogens is 215 g/mol. The first-order valence-corrected chi connectivity index (χ1v) is 5.11. The van der Waals surface area contributed by atoms with Gasteiger partial charge in [0.15, 0.2) is 5.12 Å². The van der Waals surface area contributed by atoms with Crippen molar-refractivity contribution in [1.29, 1.82) is 0 Å². The van der Waals surface area contributed by atoms with Crippen LogP contribution in [0.5, 0.6) is 0 Å². The van der Waals surface area contributed by atoms with E-state index in [9.17, 15) is 9.18 Å². The molecule has 2 N–H and O–H groups in total. The average Bonchev–Trinajstić information content (AvgIpc) is 2.17. The van der Waals surface area contributed by atoms with Crippen LogP contribution < -0.4 is 5.73 Å². The lowest BCUT2D eigenvalue weighted by Gasteiger charge is -1.95. The number of nitrogen functional groups attached to an aromatic ring is 1. The summed E-state index contributed by atoms with van der Waals surface area (Å²) in [5, 5.41) is -0.00496. The van der Waals surface area contributed by atoms with Gasteiger partial charge >= 0.3 is 0 Å². The van der Waals surface area contributed by atoms with Crippen molar-refractivity contribution in [3.05, 3.63) is 23.6 Å². The molecule has 1 aromatic heterocycles. The quantitative estimate of drug-likeness (QED) is 0.733. The summed E-state index contributed by atoms with van der Waals surface area (Å²) in [6.45, 7) is 1.46. The molecule has 0 fully saturated rings. The highest BCUT2D eigenvalue weighted by molar-refractivity contribution is 8.13. The molecule has 0 aliphatic heterocycles. The van der Waals surface area contributed by atoms with Crippen LogP contribution in [0.3, 0.4) is 0 Å². The molecule has 1 rings (SSSR count). The molecular formula is C10H9FN2OS. The van der Waals surface area contributed by atoms with Gasteiger partial charge in [-0.25, -0.2) is 9.37 Å². The van der Waals surface area contributed by atoms with Crippen molar-refractivity contribution in [3.63, 3.8) is 0 Å². The summed E-state index contributed by atoms with van der Waals surface area (Å²) < 4.78 is 12.7. The first-order valence-electron chi connectivity index (χ1n) is 4.13. The SMILES string of the molecule is CC(=O)SCC#Cc1cc(F)cnc1N. The molecule has 78 valence electrons. The molecule has 0 aliphatic carbocycles. The van der Waals surface area contributed by atoms with E-state index in [4.69, 9.17) is 5.73 Å². The standard InChI is InChI=1S/C10H9FN2OS/c1-7(14)15-4-2-3-8-5-9(11)6-13-10(8)12/h5-6H,4H2,1H3,(H2,12,13). The second kappa shape index (κ2) is 5.37. The number of hydrogen-bond donors (Lipinski definition) is 1. The maximum atomic E-state index is 12.7. The predicted molar refractivity (Wildman–Crippen MR) is 58.6 cm³/mol. The van der Waals surface area contributed by atoms with Crippen LogP contribution >= 0.6 is 11.8 Å². The minimum Gasteiger partial charge on any atom is -0.383 e. The Bertz CT molecular complexity index is 437. The summed E-state index contributed by atoms with van der Waals surface area (Å²) in [7, 11) is 0. The van der Waals surface area contributed by atoms with E-state index in [0.29, 0.717) is 11.3 Å². The normalized spacial score (nSPS) is 9.20. The highest BCUT2D eigenvalue weighted by atomic mass is 32.2. The van der Waals surface area contributed by atoms with Crippen molar-refractivity contribution < 1.29 is 9.18 Å². The third kappa shape index (κ3) is 4.00. The molecule has 1 aromatic rings. The van der Waals surface area contributed by atoms with E-state index >= 15 is 0 Å². The number of aromatic nitrogens is 1. The van der Waals surface area contributed by atoms with Gasteiger partial charge in [0.25, 0.3) is 0 Å².